The first-order valence-corrected chi connectivity index (χ1v) is 6.22. The van der Waals surface area contributed by atoms with E-state index in [9.17, 15) is 0 Å². The lowest BCUT2D eigenvalue weighted by Gasteiger charge is -2.11. The van der Waals surface area contributed by atoms with Crippen LogP contribution in [0.3, 0.4) is 0 Å². The Bertz CT molecular complexity index is 260. The molecule has 0 saturated heterocycles. The second kappa shape index (κ2) is 6.40. The van der Waals surface area contributed by atoms with Crippen LogP contribution in [0.25, 0.3) is 0 Å². The Labute approximate surface area is 99.4 Å². The molecule has 1 heterocycles. The van der Waals surface area contributed by atoms with Crippen molar-refractivity contribution in [2.45, 2.75) is 32.7 Å². The number of nitrogens with zero attached hydrogens (tertiary/aromatic N) is 2. The quantitative estimate of drug-likeness (QED) is 0.646. The SMILES string of the molecule is CCNCCCC(C)n1cc(I)cn1. The fourth-order valence-electron chi connectivity index (χ4n) is 1.39. The molecule has 0 aliphatic rings. The lowest BCUT2D eigenvalue weighted by Crippen LogP contribution is -2.15. The van der Waals surface area contributed by atoms with Crippen molar-refractivity contribution >= 4 is 22.6 Å². The molecular formula is C10H18IN3. The fourth-order valence-corrected chi connectivity index (χ4v) is 1.80. The molecule has 14 heavy (non-hydrogen) atoms. The second-order valence-electron chi connectivity index (χ2n) is 3.48. The van der Waals surface area contributed by atoms with Crippen molar-refractivity contribution in [2.75, 3.05) is 13.1 Å². The molecule has 0 aliphatic carbocycles. The minimum absolute atomic E-state index is 0.511. The van der Waals surface area contributed by atoms with Gasteiger partial charge in [-0.2, -0.15) is 5.10 Å². The molecule has 0 amide bonds. The summed E-state index contributed by atoms with van der Waals surface area (Å²) in [7, 11) is 0. The van der Waals surface area contributed by atoms with Gasteiger partial charge >= 0.3 is 0 Å². The lowest BCUT2D eigenvalue weighted by atomic mass is 10.2. The molecule has 1 aromatic heterocycles. The predicted molar refractivity (Wildman–Crippen MR) is 67.4 cm³/mol. The lowest BCUT2D eigenvalue weighted by molar-refractivity contribution is 0.440. The molecule has 1 unspecified atom stereocenters. The molecule has 80 valence electrons. The van der Waals surface area contributed by atoms with Crippen molar-refractivity contribution in [2.24, 2.45) is 0 Å². The number of aromatic nitrogens is 2. The monoisotopic (exact) mass is 307 g/mol. The first-order chi connectivity index (χ1) is 6.74. The van der Waals surface area contributed by atoms with Crippen LogP contribution in [-0.4, -0.2) is 22.9 Å². The van der Waals surface area contributed by atoms with Gasteiger partial charge in [-0.15, -0.1) is 0 Å². The molecule has 1 N–H and O–H groups in total. The van der Waals surface area contributed by atoms with Gasteiger partial charge in [0.25, 0.3) is 0 Å². The molecule has 1 atom stereocenters. The Balaban J connectivity index is 2.25. The van der Waals surface area contributed by atoms with Crippen LogP contribution < -0.4 is 5.32 Å². The summed E-state index contributed by atoms with van der Waals surface area (Å²) in [5.74, 6) is 0. The van der Waals surface area contributed by atoms with Gasteiger partial charge in [0.2, 0.25) is 0 Å². The zero-order valence-corrected chi connectivity index (χ0v) is 11.0. The Morgan fingerprint density at radius 3 is 3.00 bits per heavy atom. The van der Waals surface area contributed by atoms with Crippen LogP contribution in [0.15, 0.2) is 12.4 Å². The van der Waals surface area contributed by atoms with Crippen LogP contribution in [0, 0.1) is 3.57 Å². The molecule has 0 fully saturated rings. The number of halogens is 1. The molecule has 0 aromatic carbocycles. The zero-order valence-electron chi connectivity index (χ0n) is 8.83. The highest BCUT2D eigenvalue weighted by Crippen LogP contribution is 2.13. The van der Waals surface area contributed by atoms with E-state index in [0.717, 1.165) is 13.1 Å². The first-order valence-electron chi connectivity index (χ1n) is 5.14. The fraction of sp³-hybridized carbons (Fsp3) is 0.700. The van der Waals surface area contributed by atoms with Gasteiger partial charge in [-0.3, -0.25) is 4.68 Å². The van der Waals surface area contributed by atoms with Gasteiger partial charge < -0.3 is 5.32 Å². The minimum Gasteiger partial charge on any atom is -0.317 e. The smallest absolute Gasteiger partial charge is 0.0623 e. The van der Waals surface area contributed by atoms with E-state index in [2.05, 4.69) is 53.1 Å². The van der Waals surface area contributed by atoms with E-state index in [0.29, 0.717) is 6.04 Å². The third-order valence-corrected chi connectivity index (χ3v) is 2.80. The average molecular weight is 307 g/mol. The van der Waals surface area contributed by atoms with Gasteiger partial charge in [-0.05, 0) is 55.4 Å². The van der Waals surface area contributed by atoms with Gasteiger partial charge in [-0.25, -0.2) is 0 Å². The van der Waals surface area contributed by atoms with E-state index in [1.165, 1.54) is 16.4 Å². The number of hydrogen-bond acceptors (Lipinski definition) is 2. The van der Waals surface area contributed by atoms with Crippen LogP contribution in [0.2, 0.25) is 0 Å². The van der Waals surface area contributed by atoms with Crippen molar-refractivity contribution in [3.8, 4) is 0 Å². The summed E-state index contributed by atoms with van der Waals surface area (Å²) in [5, 5.41) is 7.63. The summed E-state index contributed by atoms with van der Waals surface area (Å²) in [6.07, 6.45) is 6.40. The highest BCUT2D eigenvalue weighted by atomic mass is 127. The summed E-state index contributed by atoms with van der Waals surface area (Å²) in [4.78, 5) is 0. The molecule has 0 spiro atoms. The Morgan fingerprint density at radius 2 is 2.43 bits per heavy atom. The highest BCUT2D eigenvalue weighted by molar-refractivity contribution is 14.1. The molecule has 4 heteroatoms. The third kappa shape index (κ3) is 3.96. The standard InChI is InChI=1S/C10H18IN3/c1-3-12-6-4-5-9(2)14-8-10(11)7-13-14/h7-9,12H,3-6H2,1-2H3. The maximum atomic E-state index is 4.30. The summed E-state index contributed by atoms with van der Waals surface area (Å²) >= 11 is 2.29. The van der Waals surface area contributed by atoms with Crippen LogP contribution in [0.4, 0.5) is 0 Å². The maximum Gasteiger partial charge on any atom is 0.0623 e. The van der Waals surface area contributed by atoms with Gasteiger partial charge in [0.1, 0.15) is 0 Å². The second-order valence-corrected chi connectivity index (χ2v) is 4.73. The van der Waals surface area contributed by atoms with E-state index in [-0.39, 0.29) is 0 Å². The largest absolute Gasteiger partial charge is 0.317 e. The van der Waals surface area contributed by atoms with Gasteiger partial charge in [-0.1, -0.05) is 6.92 Å². The molecular weight excluding hydrogens is 289 g/mol. The number of nitrogens with one attached hydrogen (secondary N) is 1. The molecule has 3 nitrogen and oxygen atoms in total. The molecule has 0 radical (unpaired) electrons. The predicted octanol–water partition coefficient (Wildman–Crippen LogP) is 2.44. The van der Waals surface area contributed by atoms with Crippen molar-refractivity contribution in [1.82, 2.24) is 15.1 Å². The van der Waals surface area contributed by atoms with Crippen LogP contribution in [0.5, 0.6) is 0 Å². The van der Waals surface area contributed by atoms with Crippen LogP contribution in [0.1, 0.15) is 32.7 Å². The van der Waals surface area contributed by atoms with Crippen molar-refractivity contribution < 1.29 is 0 Å². The first kappa shape index (κ1) is 12.0. The minimum atomic E-state index is 0.511. The van der Waals surface area contributed by atoms with E-state index in [1.807, 2.05) is 10.9 Å². The third-order valence-electron chi connectivity index (χ3n) is 2.25. The summed E-state index contributed by atoms with van der Waals surface area (Å²) in [6.45, 7) is 6.53. The molecule has 0 bridgehead atoms. The van der Waals surface area contributed by atoms with Gasteiger partial charge in [0, 0.05) is 12.2 Å². The average Bonchev–Trinajstić information content (AvgIpc) is 2.59. The Morgan fingerprint density at radius 1 is 1.64 bits per heavy atom. The Kier molecular flexibility index (Phi) is 5.47. The normalized spacial score (nSPS) is 13.1. The van der Waals surface area contributed by atoms with E-state index in [4.69, 9.17) is 0 Å². The van der Waals surface area contributed by atoms with Gasteiger partial charge in [0.05, 0.1) is 9.77 Å². The zero-order chi connectivity index (χ0) is 10.4. The topological polar surface area (TPSA) is 29.9 Å². The Hall–Kier alpha value is -0.100. The molecule has 1 rings (SSSR count). The van der Waals surface area contributed by atoms with E-state index >= 15 is 0 Å². The summed E-state index contributed by atoms with van der Waals surface area (Å²) < 4.78 is 3.26. The van der Waals surface area contributed by atoms with E-state index < -0.39 is 0 Å². The van der Waals surface area contributed by atoms with Crippen LogP contribution >= 0.6 is 22.6 Å². The number of rotatable bonds is 6. The summed E-state index contributed by atoms with van der Waals surface area (Å²) in [6, 6.07) is 0.511. The van der Waals surface area contributed by atoms with Crippen molar-refractivity contribution in [3.05, 3.63) is 16.0 Å². The molecule has 1 aromatic rings. The maximum absolute atomic E-state index is 4.30. The van der Waals surface area contributed by atoms with Crippen LogP contribution in [-0.2, 0) is 0 Å². The molecule has 0 aliphatic heterocycles. The molecule has 0 saturated carbocycles. The van der Waals surface area contributed by atoms with Crippen molar-refractivity contribution in [1.29, 1.82) is 0 Å². The number of hydrogen-bond donors (Lipinski definition) is 1. The summed E-state index contributed by atoms with van der Waals surface area (Å²) in [5.41, 5.74) is 0. The highest BCUT2D eigenvalue weighted by Gasteiger charge is 2.04. The van der Waals surface area contributed by atoms with E-state index in [1.54, 1.807) is 0 Å². The van der Waals surface area contributed by atoms with Gasteiger partial charge in [0.15, 0.2) is 0 Å². The van der Waals surface area contributed by atoms with Crippen molar-refractivity contribution in [3.63, 3.8) is 0 Å².